The van der Waals surface area contributed by atoms with Gasteiger partial charge < -0.3 is 16.0 Å². The van der Waals surface area contributed by atoms with Gasteiger partial charge in [-0.1, -0.05) is 6.07 Å². The molecule has 3 N–H and O–H groups in total. The van der Waals surface area contributed by atoms with Gasteiger partial charge >= 0.3 is 12.6 Å². The predicted octanol–water partition coefficient (Wildman–Crippen LogP) is 7.24. The van der Waals surface area contributed by atoms with Gasteiger partial charge in [0, 0.05) is 11.6 Å². The zero-order valence-electron chi connectivity index (χ0n) is 20.7. The van der Waals surface area contributed by atoms with Gasteiger partial charge in [0.1, 0.15) is 27.5 Å². The molecule has 1 aliphatic carbocycles. The van der Waals surface area contributed by atoms with Crippen molar-refractivity contribution in [3.63, 3.8) is 0 Å². The second-order valence-electron chi connectivity index (χ2n) is 9.08. The molecule has 0 aliphatic heterocycles. The number of halogens is 11. The molecule has 6 nitrogen and oxygen atoms in total. The van der Waals surface area contributed by atoms with E-state index >= 15 is 0 Å². The third-order valence-corrected chi connectivity index (χ3v) is 7.20. The van der Waals surface area contributed by atoms with Gasteiger partial charge in [-0.3, -0.25) is 14.4 Å². The first-order chi connectivity index (χ1) is 19.9. The van der Waals surface area contributed by atoms with Gasteiger partial charge in [0.25, 0.3) is 11.8 Å². The van der Waals surface area contributed by atoms with Gasteiger partial charge in [-0.05, 0) is 48.0 Å². The second-order valence-corrected chi connectivity index (χ2v) is 10.5. The van der Waals surface area contributed by atoms with Crippen LogP contribution in [0.25, 0.3) is 0 Å². The van der Waals surface area contributed by atoms with E-state index in [0.29, 0.717) is 30.3 Å². The number of hydrogen-bond acceptors (Lipinski definition) is 3. The second kappa shape index (κ2) is 11.6. The van der Waals surface area contributed by atoms with E-state index in [1.54, 1.807) is 0 Å². The maximum absolute atomic E-state index is 14.7. The minimum Gasteiger partial charge on any atom is -0.326 e. The number of nitrogens with one attached hydrogen (secondary N) is 3. The Hall–Kier alpha value is -3.98. The first-order valence-electron chi connectivity index (χ1n) is 11.7. The van der Waals surface area contributed by atoms with Gasteiger partial charge in [0.2, 0.25) is 5.91 Å². The Bertz CT molecular complexity index is 1630. The largest absolute Gasteiger partial charge is 0.419 e. The van der Waals surface area contributed by atoms with Gasteiger partial charge in [-0.25, -0.2) is 17.6 Å². The van der Waals surface area contributed by atoms with Crippen molar-refractivity contribution in [2.24, 2.45) is 5.92 Å². The lowest BCUT2D eigenvalue weighted by atomic mass is 10.0. The number of alkyl halides is 7. The van der Waals surface area contributed by atoms with Crippen molar-refractivity contribution in [2.75, 3.05) is 16.0 Å². The lowest BCUT2D eigenvalue weighted by molar-refractivity contribution is -0.140. The molecule has 0 bridgehead atoms. The Balaban J connectivity index is 1.53. The van der Waals surface area contributed by atoms with Gasteiger partial charge in [-0.15, -0.1) is 23.2 Å². The normalized spacial score (nSPS) is 17.4. The molecule has 3 aromatic carbocycles. The Morgan fingerprint density at radius 1 is 0.814 bits per heavy atom. The lowest BCUT2D eigenvalue weighted by Gasteiger charge is -2.13. The molecule has 3 amide bonds. The van der Waals surface area contributed by atoms with Crippen LogP contribution in [0.4, 0.5) is 56.6 Å². The van der Waals surface area contributed by atoms with Crippen LogP contribution in [0.15, 0.2) is 48.5 Å². The summed E-state index contributed by atoms with van der Waals surface area (Å²) in [6, 6.07) is 5.66. The molecule has 1 fully saturated rings. The molecule has 1 saturated carbocycles. The summed E-state index contributed by atoms with van der Waals surface area (Å²) < 4.78 is 119. The number of benzene rings is 3. The van der Waals surface area contributed by atoms with Crippen LogP contribution in [-0.2, 0) is 15.8 Å². The van der Waals surface area contributed by atoms with E-state index in [2.05, 4.69) is 5.32 Å². The molecule has 0 spiro atoms. The van der Waals surface area contributed by atoms with E-state index in [1.807, 2.05) is 5.32 Å². The zero-order valence-corrected chi connectivity index (χ0v) is 22.2. The topological polar surface area (TPSA) is 87.3 Å². The SMILES string of the molecule is O=C(Nc1ccc(F)c(NC(=O)C(F)F)c1F)c1cc(NC(=O)[C@H]2[C@H](c3ccc(F)c(C(F)(F)F)c3)C2(Cl)Cl)ccc1F. The van der Waals surface area contributed by atoms with E-state index in [1.165, 1.54) is 5.32 Å². The van der Waals surface area contributed by atoms with Crippen LogP contribution in [0.3, 0.4) is 0 Å². The van der Waals surface area contributed by atoms with Gasteiger partial charge in [0.05, 0.1) is 22.7 Å². The van der Waals surface area contributed by atoms with Crippen molar-refractivity contribution in [3.05, 3.63) is 88.5 Å². The average molecular weight is 658 g/mol. The molecule has 0 aromatic heterocycles. The van der Waals surface area contributed by atoms with Crippen LogP contribution < -0.4 is 16.0 Å². The lowest BCUT2D eigenvalue weighted by Crippen LogP contribution is -2.22. The molecule has 1 aliphatic rings. The number of anilines is 3. The Morgan fingerprint density at radius 2 is 1.44 bits per heavy atom. The molecule has 3 aromatic rings. The summed E-state index contributed by atoms with van der Waals surface area (Å²) in [5.74, 6) is -12.8. The first-order valence-corrected chi connectivity index (χ1v) is 12.4. The van der Waals surface area contributed by atoms with Crippen molar-refractivity contribution < 1.29 is 53.9 Å². The van der Waals surface area contributed by atoms with Crippen molar-refractivity contribution in [3.8, 4) is 0 Å². The van der Waals surface area contributed by atoms with Crippen molar-refractivity contribution in [2.45, 2.75) is 22.9 Å². The summed E-state index contributed by atoms with van der Waals surface area (Å²) in [6.45, 7) is 0. The molecular formula is C26H14Cl2F9N3O3. The quantitative estimate of drug-likeness (QED) is 0.185. The fourth-order valence-corrected chi connectivity index (χ4v) is 4.98. The van der Waals surface area contributed by atoms with E-state index in [0.717, 1.165) is 18.2 Å². The van der Waals surface area contributed by atoms with E-state index in [9.17, 15) is 53.9 Å². The molecule has 0 radical (unpaired) electrons. The molecule has 0 heterocycles. The number of rotatable bonds is 7. The molecule has 0 unspecified atom stereocenters. The smallest absolute Gasteiger partial charge is 0.326 e. The van der Waals surface area contributed by atoms with Crippen LogP contribution >= 0.6 is 23.2 Å². The summed E-state index contributed by atoms with van der Waals surface area (Å²) in [6.07, 6.45) is -8.66. The Kier molecular flexibility index (Phi) is 8.62. The number of amides is 3. The van der Waals surface area contributed by atoms with Crippen molar-refractivity contribution in [1.82, 2.24) is 0 Å². The molecule has 228 valence electrons. The number of hydrogen-bond donors (Lipinski definition) is 3. The molecule has 4 rings (SSSR count). The highest BCUT2D eigenvalue weighted by atomic mass is 35.5. The minimum atomic E-state index is -5.04. The minimum absolute atomic E-state index is 0.191. The van der Waals surface area contributed by atoms with Gasteiger partial charge in [-0.2, -0.15) is 22.0 Å². The molecule has 17 heteroatoms. The Morgan fingerprint density at radius 3 is 2.07 bits per heavy atom. The predicted molar refractivity (Wildman–Crippen MR) is 136 cm³/mol. The maximum atomic E-state index is 14.7. The van der Waals surface area contributed by atoms with E-state index in [-0.39, 0.29) is 11.3 Å². The van der Waals surface area contributed by atoms with E-state index in [4.69, 9.17) is 23.2 Å². The van der Waals surface area contributed by atoms with Crippen LogP contribution in [-0.4, -0.2) is 28.5 Å². The summed E-state index contributed by atoms with van der Waals surface area (Å²) in [7, 11) is 0. The number of carbonyl (C=O) groups excluding carboxylic acids is 3. The van der Waals surface area contributed by atoms with Crippen molar-refractivity contribution in [1.29, 1.82) is 0 Å². The molecule has 2 atom stereocenters. The zero-order chi connectivity index (χ0) is 32.0. The Labute approximate surface area is 245 Å². The van der Waals surface area contributed by atoms with Gasteiger partial charge in [0.15, 0.2) is 5.82 Å². The third-order valence-electron chi connectivity index (χ3n) is 6.26. The summed E-state index contributed by atoms with van der Waals surface area (Å²) in [4.78, 5) is 36.7. The first kappa shape index (κ1) is 31.9. The van der Waals surface area contributed by atoms with Crippen LogP contribution in [0.1, 0.15) is 27.4 Å². The summed E-state index contributed by atoms with van der Waals surface area (Å²) >= 11 is 12.3. The molecule has 0 saturated heterocycles. The molecular weight excluding hydrogens is 644 g/mol. The highest BCUT2D eigenvalue weighted by Crippen LogP contribution is 2.65. The highest BCUT2D eigenvalue weighted by Gasteiger charge is 2.67. The van der Waals surface area contributed by atoms with Crippen molar-refractivity contribution >= 4 is 58.0 Å². The monoisotopic (exact) mass is 657 g/mol. The number of carbonyl (C=O) groups is 3. The standard InChI is InChI=1S/C26H14Cl2F9N3O3/c27-25(28)17(9-1-3-14(30)12(7-9)26(35,36)37)18(25)23(42)38-10-2-4-13(29)11(8-10)22(41)39-16-6-5-15(31)20(19(16)32)40-24(43)21(33)34/h1-8,17-18,21H,(H,38,42)(H,39,41)(H,40,43)/t17-,18+/m0/s1. The third kappa shape index (κ3) is 6.51. The van der Waals surface area contributed by atoms with Crippen LogP contribution in [0, 0.1) is 29.2 Å². The van der Waals surface area contributed by atoms with Crippen LogP contribution in [0.5, 0.6) is 0 Å². The average Bonchev–Trinajstić information content (AvgIpc) is 3.50. The molecule has 43 heavy (non-hydrogen) atoms. The fourth-order valence-electron chi connectivity index (χ4n) is 4.15. The fraction of sp³-hybridized carbons (Fsp3) is 0.192. The highest BCUT2D eigenvalue weighted by molar-refractivity contribution is 6.53. The van der Waals surface area contributed by atoms with E-state index < -0.39 is 92.3 Å². The van der Waals surface area contributed by atoms with Crippen LogP contribution in [0.2, 0.25) is 0 Å². The summed E-state index contributed by atoms with van der Waals surface area (Å²) in [5.41, 5.74) is -4.98. The maximum Gasteiger partial charge on any atom is 0.419 e. The summed E-state index contributed by atoms with van der Waals surface area (Å²) in [5, 5.41) is 5.47.